The molecule has 2 aliphatic rings. The molecule has 0 unspecified atom stereocenters. The van der Waals surface area contributed by atoms with Crippen LogP contribution in [0.3, 0.4) is 0 Å². The molecule has 0 aromatic rings. The van der Waals surface area contributed by atoms with Crippen LogP contribution in [0.1, 0.15) is 19.3 Å². The van der Waals surface area contributed by atoms with E-state index < -0.39 is 0 Å². The first-order valence-electron chi connectivity index (χ1n) is 5.61. The average molecular weight is 426 g/mol. The number of hydrogen-bond acceptors (Lipinski definition) is 3. The van der Waals surface area contributed by atoms with Crippen molar-refractivity contribution in [2.45, 2.75) is 25.3 Å². The molecule has 2 rings (SSSR count). The summed E-state index contributed by atoms with van der Waals surface area (Å²) in [4.78, 5) is 2.56. The molecule has 0 spiro atoms. The number of likely N-dealkylation sites (tertiary alicyclic amines) is 1. The first kappa shape index (κ1) is 19.7. The smallest absolute Gasteiger partial charge is 0.0205 e. The molecule has 0 bridgehead atoms. The monoisotopic (exact) mass is 423 g/mol. The van der Waals surface area contributed by atoms with E-state index in [0.29, 0.717) is 0 Å². The zero-order valence-corrected chi connectivity index (χ0v) is 14.8. The van der Waals surface area contributed by atoms with Gasteiger partial charge in [0.1, 0.15) is 0 Å². The lowest BCUT2D eigenvalue weighted by atomic mass is 10.2. The molecule has 0 saturated carbocycles. The molecule has 2 aliphatic heterocycles. The van der Waals surface area contributed by atoms with Gasteiger partial charge in [-0.15, -0.1) is 50.9 Å². The third kappa shape index (κ3) is 6.91. The summed E-state index contributed by atoms with van der Waals surface area (Å²) in [5.74, 6) is 0. The fourth-order valence-electron chi connectivity index (χ4n) is 2.26. The maximum atomic E-state index is 3.60. The molecule has 0 aromatic carbocycles. The van der Waals surface area contributed by atoms with Crippen molar-refractivity contribution in [1.82, 2.24) is 15.5 Å². The molecule has 16 heavy (non-hydrogen) atoms. The van der Waals surface area contributed by atoms with E-state index in [4.69, 9.17) is 0 Å². The third-order valence-electron chi connectivity index (χ3n) is 3.12. The zero-order chi connectivity index (χ0) is 8.93. The molecule has 2 fully saturated rings. The van der Waals surface area contributed by atoms with Crippen molar-refractivity contribution in [3.63, 3.8) is 0 Å². The molecule has 0 radical (unpaired) electrons. The van der Waals surface area contributed by atoms with Crippen molar-refractivity contribution in [3.8, 4) is 0 Å². The minimum Gasteiger partial charge on any atom is -0.315 e. The van der Waals surface area contributed by atoms with Crippen molar-refractivity contribution in [3.05, 3.63) is 0 Å². The Morgan fingerprint density at radius 2 is 1.81 bits per heavy atom. The summed E-state index contributed by atoms with van der Waals surface area (Å²) in [6.45, 7) is 7.43. The molecule has 0 amide bonds. The Balaban J connectivity index is 0. The first-order valence-corrected chi connectivity index (χ1v) is 5.61. The summed E-state index contributed by atoms with van der Waals surface area (Å²) in [5, 5.41) is 6.98. The van der Waals surface area contributed by atoms with E-state index in [9.17, 15) is 0 Å². The number of nitrogens with one attached hydrogen (secondary N) is 2. The summed E-state index contributed by atoms with van der Waals surface area (Å²) >= 11 is 0. The molecular formula is C10H24Br3N3. The predicted molar refractivity (Wildman–Crippen MR) is 85.9 cm³/mol. The van der Waals surface area contributed by atoms with Gasteiger partial charge in [0.25, 0.3) is 0 Å². The molecule has 1 atom stereocenters. The van der Waals surface area contributed by atoms with Gasteiger partial charge in [0.2, 0.25) is 0 Å². The number of nitrogens with zero attached hydrogens (tertiary/aromatic N) is 1. The van der Waals surface area contributed by atoms with Gasteiger partial charge in [0.05, 0.1) is 0 Å². The summed E-state index contributed by atoms with van der Waals surface area (Å²) < 4.78 is 0. The number of hydrogen-bond donors (Lipinski definition) is 2. The van der Waals surface area contributed by atoms with Crippen molar-refractivity contribution in [1.29, 1.82) is 0 Å². The van der Waals surface area contributed by atoms with Crippen LogP contribution in [0.2, 0.25) is 0 Å². The van der Waals surface area contributed by atoms with E-state index in [2.05, 4.69) is 15.5 Å². The van der Waals surface area contributed by atoms with Gasteiger partial charge in [-0.25, -0.2) is 0 Å². The van der Waals surface area contributed by atoms with Crippen LogP contribution in [-0.2, 0) is 0 Å². The number of rotatable bonds is 4. The average Bonchev–Trinajstić information content (AvgIpc) is 2.75. The van der Waals surface area contributed by atoms with Gasteiger partial charge in [-0.2, -0.15) is 0 Å². The van der Waals surface area contributed by atoms with E-state index in [0.717, 1.165) is 6.04 Å². The largest absolute Gasteiger partial charge is 0.315 e. The van der Waals surface area contributed by atoms with E-state index in [1.54, 1.807) is 0 Å². The van der Waals surface area contributed by atoms with Gasteiger partial charge in [0, 0.05) is 25.7 Å². The summed E-state index contributed by atoms with van der Waals surface area (Å²) in [5.41, 5.74) is 0. The lowest BCUT2D eigenvalue weighted by Gasteiger charge is -2.17. The van der Waals surface area contributed by atoms with Crippen molar-refractivity contribution in [2.75, 3.05) is 39.3 Å². The SMILES string of the molecule is Br.Br.Br.C1CCN(CCN[C@H]2CCNC2)C1. The molecule has 100 valence electrons. The Hall–Kier alpha value is 1.32. The topological polar surface area (TPSA) is 27.3 Å². The summed E-state index contributed by atoms with van der Waals surface area (Å²) in [6.07, 6.45) is 4.12. The van der Waals surface area contributed by atoms with Gasteiger partial charge >= 0.3 is 0 Å². The normalized spacial score (nSPS) is 24.4. The molecule has 2 saturated heterocycles. The molecule has 0 aromatic heterocycles. The van der Waals surface area contributed by atoms with Gasteiger partial charge < -0.3 is 15.5 Å². The van der Waals surface area contributed by atoms with Crippen LogP contribution >= 0.6 is 50.9 Å². The Bertz CT molecular complexity index is 132. The van der Waals surface area contributed by atoms with Crippen LogP contribution in [0.15, 0.2) is 0 Å². The molecule has 6 heteroatoms. The van der Waals surface area contributed by atoms with Gasteiger partial charge in [0.15, 0.2) is 0 Å². The minimum atomic E-state index is 0. The van der Waals surface area contributed by atoms with Crippen molar-refractivity contribution >= 4 is 50.9 Å². The van der Waals surface area contributed by atoms with Crippen molar-refractivity contribution < 1.29 is 0 Å². The maximum absolute atomic E-state index is 3.60. The van der Waals surface area contributed by atoms with Gasteiger partial charge in [-0.3, -0.25) is 0 Å². The molecule has 3 nitrogen and oxygen atoms in total. The molecular weight excluding hydrogens is 402 g/mol. The maximum Gasteiger partial charge on any atom is 0.0205 e. The number of halogens is 3. The highest BCUT2D eigenvalue weighted by atomic mass is 79.9. The third-order valence-corrected chi connectivity index (χ3v) is 3.12. The fourth-order valence-corrected chi connectivity index (χ4v) is 2.26. The Morgan fingerprint density at radius 3 is 2.38 bits per heavy atom. The van der Waals surface area contributed by atoms with E-state index in [1.807, 2.05) is 0 Å². The van der Waals surface area contributed by atoms with Gasteiger partial charge in [-0.05, 0) is 38.9 Å². The van der Waals surface area contributed by atoms with Gasteiger partial charge in [-0.1, -0.05) is 0 Å². The lowest BCUT2D eigenvalue weighted by Crippen LogP contribution is -2.37. The summed E-state index contributed by atoms with van der Waals surface area (Å²) in [6, 6.07) is 0.739. The molecule has 2 heterocycles. The second kappa shape index (κ2) is 11.4. The van der Waals surface area contributed by atoms with Crippen LogP contribution in [0.4, 0.5) is 0 Å². The molecule has 0 aliphatic carbocycles. The van der Waals surface area contributed by atoms with Crippen LogP contribution in [0.25, 0.3) is 0 Å². The highest BCUT2D eigenvalue weighted by molar-refractivity contribution is 8.93. The summed E-state index contributed by atoms with van der Waals surface area (Å²) in [7, 11) is 0. The first-order chi connectivity index (χ1) is 6.45. The van der Waals surface area contributed by atoms with E-state index >= 15 is 0 Å². The Labute approximate surface area is 130 Å². The standard InChI is InChI=1S/C10H21N3.3BrH/c1-2-7-13(6-1)8-5-12-10-3-4-11-9-10;;;/h10-12H,1-9H2;3*1H/t10-;;;/m0.../s1. The molecule has 2 N–H and O–H groups in total. The van der Waals surface area contributed by atoms with Crippen molar-refractivity contribution in [2.24, 2.45) is 0 Å². The minimum absolute atomic E-state index is 0. The highest BCUT2D eigenvalue weighted by Gasteiger charge is 2.14. The van der Waals surface area contributed by atoms with Crippen LogP contribution < -0.4 is 10.6 Å². The second-order valence-electron chi connectivity index (χ2n) is 4.19. The second-order valence-corrected chi connectivity index (χ2v) is 4.19. The Kier molecular flexibility index (Phi) is 14.0. The Morgan fingerprint density at radius 1 is 1.12 bits per heavy atom. The zero-order valence-electron chi connectivity index (χ0n) is 9.61. The van der Waals surface area contributed by atoms with Crippen LogP contribution in [0, 0.1) is 0 Å². The predicted octanol–water partition coefficient (Wildman–Crippen LogP) is 1.77. The highest BCUT2D eigenvalue weighted by Crippen LogP contribution is 2.05. The van der Waals surface area contributed by atoms with Crippen LogP contribution in [-0.4, -0.2) is 50.2 Å². The lowest BCUT2D eigenvalue weighted by molar-refractivity contribution is 0.329. The van der Waals surface area contributed by atoms with E-state index in [1.165, 1.54) is 58.5 Å². The fraction of sp³-hybridized carbons (Fsp3) is 1.00. The van der Waals surface area contributed by atoms with E-state index in [-0.39, 0.29) is 50.9 Å². The quantitative estimate of drug-likeness (QED) is 0.718. The van der Waals surface area contributed by atoms with Crippen LogP contribution in [0.5, 0.6) is 0 Å².